The van der Waals surface area contributed by atoms with E-state index in [0.717, 1.165) is 17.6 Å². The number of carbonyl (C=O) groups is 2. The summed E-state index contributed by atoms with van der Waals surface area (Å²) in [6.45, 7) is 0.490. The monoisotopic (exact) mass is 421 g/mol. The first-order chi connectivity index (χ1) is 14.2. The number of para-hydroxylation sites is 2. The van der Waals surface area contributed by atoms with Gasteiger partial charge in [0.2, 0.25) is 0 Å². The van der Waals surface area contributed by atoms with Crippen molar-refractivity contribution < 1.29 is 27.5 Å². The second-order valence-electron chi connectivity index (χ2n) is 6.21. The number of amides is 1. The number of hydrogen-bond donors (Lipinski definition) is 2. The minimum absolute atomic E-state index is 0.264. The number of nitrogens with zero attached hydrogens (tertiary/aromatic N) is 1. The Kier molecular flexibility index (Phi) is 5.72. The van der Waals surface area contributed by atoms with Gasteiger partial charge in [-0.2, -0.15) is 0 Å². The highest BCUT2D eigenvalue weighted by Crippen LogP contribution is 2.20. The lowest BCUT2D eigenvalue weighted by Crippen LogP contribution is -2.39. The highest BCUT2D eigenvalue weighted by molar-refractivity contribution is 5.95. The number of aromatic nitrogens is 2. The van der Waals surface area contributed by atoms with Gasteiger partial charge in [0.25, 0.3) is 5.91 Å². The van der Waals surface area contributed by atoms with Crippen LogP contribution in [0.1, 0.15) is 6.92 Å². The van der Waals surface area contributed by atoms with Crippen molar-refractivity contribution in [3.63, 3.8) is 0 Å². The smallest absolute Gasteiger partial charge is 0.326 e. The molecule has 0 fully saturated rings. The zero-order valence-corrected chi connectivity index (χ0v) is 15.4. The van der Waals surface area contributed by atoms with Crippen LogP contribution in [0.15, 0.2) is 46.0 Å². The Morgan fingerprint density at radius 2 is 1.80 bits per heavy atom. The number of hydrogen-bond acceptors (Lipinski definition) is 5. The molecule has 8 nitrogen and oxygen atoms in total. The second-order valence-corrected chi connectivity index (χ2v) is 6.21. The molecule has 1 aromatic heterocycles. The van der Waals surface area contributed by atoms with Gasteiger partial charge in [0, 0.05) is 0 Å². The second kappa shape index (κ2) is 8.23. The van der Waals surface area contributed by atoms with Crippen molar-refractivity contribution in [2.24, 2.45) is 0 Å². The van der Waals surface area contributed by atoms with Crippen molar-refractivity contribution in [1.29, 1.82) is 0 Å². The summed E-state index contributed by atoms with van der Waals surface area (Å²) >= 11 is 0. The molecule has 2 N–H and O–H groups in total. The molecule has 30 heavy (non-hydrogen) atoms. The van der Waals surface area contributed by atoms with Gasteiger partial charge in [0.15, 0.2) is 23.6 Å². The molecule has 0 aliphatic heterocycles. The van der Waals surface area contributed by atoms with Crippen molar-refractivity contribution in [3.8, 4) is 0 Å². The number of anilines is 1. The van der Waals surface area contributed by atoms with E-state index >= 15 is 0 Å². The Balaban J connectivity index is 1.74. The first-order valence-electron chi connectivity index (χ1n) is 8.54. The van der Waals surface area contributed by atoms with Gasteiger partial charge < -0.3 is 15.0 Å². The number of fused-ring (bicyclic) bond motifs is 1. The molecular formula is C19H14F3N3O5. The first kappa shape index (κ1) is 20.8. The largest absolute Gasteiger partial charge is 0.451 e. The van der Waals surface area contributed by atoms with Gasteiger partial charge in [-0.3, -0.25) is 23.7 Å². The van der Waals surface area contributed by atoms with Crippen LogP contribution < -0.4 is 16.4 Å². The van der Waals surface area contributed by atoms with Crippen molar-refractivity contribution >= 4 is 28.6 Å². The third-order valence-corrected chi connectivity index (χ3v) is 4.14. The van der Waals surface area contributed by atoms with Crippen molar-refractivity contribution in [3.05, 3.63) is 74.6 Å². The molecule has 0 aliphatic carbocycles. The summed E-state index contributed by atoms with van der Waals surface area (Å²) < 4.78 is 45.7. The normalized spacial score (nSPS) is 11.9. The maximum Gasteiger partial charge on any atom is 0.326 e. The molecule has 1 amide bonds. The van der Waals surface area contributed by atoms with Gasteiger partial charge in [0.05, 0.1) is 16.7 Å². The SMILES string of the molecule is C[C@@H](OC(=O)Cn1c(=O)c(=O)[nH]c2ccccc21)C(=O)Nc1ccc(F)c(F)c1F. The van der Waals surface area contributed by atoms with E-state index in [4.69, 9.17) is 4.74 Å². The maximum absolute atomic E-state index is 13.7. The van der Waals surface area contributed by atoms with Crippen LogP contribution in [0, 0.1) is 17.5 Å². The Bertz CT molecular complexity index is 1270. The first-order valence-corrected chi connectivity index (χ1v) is 8.54. The van der Waals surface area contributed by atoms with Crippen LogP contribution >= 0.6 is 0 Å². The summed E-state index contributed by atoms with van der Waals surface area (Å²) in [4.78, 5) is 50.5. The van der Waals surface area contributed by atoms with Crippen molar-refractivity contribution in [2.45, 2.75) is 19.6 Å². The predicted octanol–water partition coefficient (Wildman–Crippen LogP) is 1.68. The standard InChI is InChI=1S/C19H14F3N3O5/c1-9(17(27)24-12-7-6-10(20)15(21)16(12)22)30-14(26)8-25-13-5-3-2-4-11(13)23-18(28)19(25)29/h2-7,9H,8H2,1H3,(H,23,28)(H,24,27)/t9-/m1/s1. The van der Waals surface area contributed by atoms with E-state index < -0.39 is 58.8 Å². The van der Waals surface area contributed by atoms with E-state index in [9.17, 15) is 32.3 Å². The number of esters is 1. The summed E-state index contributed by atoms with van der Waals surface area (Å²) in [7, 11) is 0. The van der Waals surface area contributed by atoms with Gasteiger partial charge in [-0.05, 0) is 31.2 Å². The fraction of sp³-hybridized carbons (Fsp3) is 0.158. The van der Waals surface area contributed by atoms with Gasteiger partial charge in [-0.25, -0.2) is 13.2 Å². The molecule has 0 radical (unpaired) electrons. The summed E-state index contributed by atoms with van der Waals surface area (Å²) in [5, 5.41) is 1.98. The Hall–Kier alpha value is -3.89. The van der Waals surface area contributed by atoms with E-state index in [-0.39, 0.29) is 5.52 Å². The van der Waals surface area contributed by atoms with Crippen molar-refractivity contribution in [2.75, 3.05) is 5.32 Å². The molecule has 1 heterocycles. The summed E-state index contributed by atoms with van der Waals surface area (Å²) in [5.41, 5.74) is -2.00. The number of nitrogens with one attached hydrogen (secondary N) is 2. The molecule has 0 saturated heterocycles. The third-order valence-electron chi connectivity index (χ3n) is 4.14. The fourth-order valence-electron chi connectivity index (χ4n) is 2.65. The van der Waals surface area contributed by atoms with Crippen LogP contribution in [0.5, 0.6) is 0 Å². The number of ether oxygens (including phenoxy) is 1. The quantitative estimate of drug-likeness (QED) is 0.370. The molecule has 2 aromatic carbocycles. The van der Waals surface area contributed by atoms with E-state index in [0.29, 0.717) is 11.6 Å². The highest BCUT2D eigenvalue weighted by atomic mass is 19.2. The van der Waals surface area contributed by atoms with E-state index in [1.165, 1.54) is 12.1 Å². The predicted molar refractivity (Wildman–Crippen MR) is 99.3 cm³/mol. The third kappa shape index (κ3) is 4.09. The number of aromatic amines is 1. The van der Waals surface area contributed by atoms with Crippen LogP contribution in [-0.2, 0) is 20.9 Å². The molecule has 0 aliphatic rings. The Morgan fingerprint density at radius 1 is 1.10 bits per heavy atom. The van der Waals surface area contributed by atoms with Crippen LogP contribution in [0.25, 0.3) is 11.0 Å². The summed E-state index contributed by atoms with van der Waals surface area (Å²) in [5.74, 6) is -6.85. The molecule has 156 valence electrons. The van der Waals surface area contributed by atoms with E-state index in [1.54, 1.807) is 12.1 Å². The van der Waals surface area contributed by atoms with Gasteiger partial charge in [-0.1, -0.05) is 12.1 Å². The van der Waals surface area contributed by atoms with Crippen LogP contribution in [0.3, 0.4) is 0 Å². The molecule has 11 heteroatoms. The molecule has 3 rings (SSSR count). The zero-order valence-electron chi connectivity index (χ0n) is 15.4. The topological polar surface area (TPSA) is 110 Å². The lowest BCUT2D eigenvalue weighted by Gasteiger charge is -2.15. The summed E-state index contributed by atoms with van der Waals surface area (Å²) in [6, 6.07) is 7.67. The minimum atomic E-state index is -1.77. The molecule has 0 spiro atoms. The highest BCUT2D eigenvalue weighted by Gasteiger charge is 2.22. The molecule has 1 atom stereocenters. The number of benzene rings is 2. The Morgan fingerprint density at radius 3 is 2.53 bits per heavy atom. The lowest BCUT2D eigenvalue weighted by molar-refractivity contribution is -0.153. The maximum atomic E-state index is 13.7. The number of H-pyrrole nitrogens is 1. The number of rotatable bonds is 5. The Labute approximate surface area is 165 Å². The minimum Gasteiger partial charge on any atom is -0.451 e. The van der Waals surface area contributed by atoms with Crippen LogP contribution in [-0.4, -0.2) is 27.5 Å². The van der Waals surface area contributed by atoms with Crippen LogP contribution in [0.4, 0.5) is 18.9 Å². The van der Waals surface area contributed by atoms with E-state index in [1.807, 2.05) is 5.32 Å². The molecule has 0 unspecified atom stereocenters. The van der Waals surface area contributed by atoms with Crippen molar-refractivity contribution in [1.82, 2.24) is 9.55 Å². The molecule has 0 saturated carbocycles. The molecule has 3 aromatic rings. The lowest BCUT2D eigenvalue weighted by atomic mass is 10.2. The number of halogens is 3. The average Bonchev–Trinajstić information content (AvgIpc) is 2.71. The van der Waals surface area contributed by atoms with Crippen LogP contribution in [0.2, 0.25) is 0 Å². The average molecular weight is 421 g/mol. The van der Waals surface area contributed by atoms with Gasteiger partial charge >= 0.3 is 17.1 Å². The molecular weight excluding hydrogens is 407 g/mol. The summed E-state index contributed by atoms with van der Waals surface area (Å²) in [6.07, 6.45) is -1.46. The molecule has 0 bridgehead atoms. The fourth-order valence-corrected chi connectivity index (χ4v) is 2.65. The zero-order chi connectivity index (χ0) is 22.0. The number of carbonyl (C=O) groups excluding carboxylic acids is 2. The van der Waals surface area contributed by atoms with E-state index in [2.05, 4.69) is 4.98 Å². The van der Waals surface area contributed by atoms with Gasteiger partial charge in [-0.15, -0.1) is 0 Å². The van der Waals surface area contributed by atoms with Gasteiger partial charge in [0.1, 0.15) is 6.54 Å².